The van der Waals surface area contributed by atoms with Gasteiger partial charge in [-0.25, -0.2) is 0 Å². The molecule has 0 N–H and O–H groups in total. The van der Waals surface area contributed by atoms with Gasteiger partial charge < -0.3 is 4.42 Å². The van der Waals surface area contributed by atoms with E-state index in [0.29, 0.717) is 0 Å². The van der Waals surface area contributed by atoms with Gasteiger partial charge in [0.2, 0.25) is 0 Å². The lowest BCUT2D eigenvalue weighted by molar-refractivity contribution is 0.632. The molecule has 0 fully saturated rings. The van der Waals surface area contributed by atoms with E-state index in [4.69, 9.17) is 4.42 Å². The molecule has 134 valence electrons. The van der Waals surface area contributed by atoms with Crippen LogP contribution in [0.1, 0.15) is 11.1 Å². The number of aryl methyl sites for hydroxylation is 1. The Bertz CT molecular complexity index is 1320. The van der Waals surface area contributed by atoms with Gasteiger partial charge in [0.15, 0.2) is 0 Å². The number of rotatable bonds is 3. The summed E-state index contributed by atoms with van der Waals surface area (Å²) in [5, 5.41) is 3.51. The lowest BCUT2D eigenvalue weighted by atomic mass is 9.95. The smallest absolute Gasteiger partial charge is 0.143 e. The zero-order chi connectivity index (χ0) is 19.1. The minimum absolute atomic E-state index is 0.891. The highest BCUT2D eigenvalue weighted by Gasteiger charge is 2.19. The Morgan fingerprint density at radius 1 is 0.750 bits per heavy atom. The van der Waals surface area contributed by atoms with Crippen LogP contribution in [0.3, 0.4) is 0 Å². The molecular formula is C27H20O. The van der Waals surface area contributed by atoms with Crippen LogP contribution in [0.15, 0.2) is 95.9 Å². The second-order valence-electron chi connectivity index (χ2n) is 7.08. The molecule has 1 heteroatoms. The van der Waals surface area contributed by atoms with E-state index in [1.807, 2.05) is 12.1 Å². The maximum Gasteiger partial charge on any atom is 0.143 e. The summed E-state index contributed by atoms with van der Waals surface area (Å²) in [6.45, 7) is 6.23. The molecule has 0 aliphatic heterocycles. The SMILES string of the molecule is C=Cc1c(-c2c(C)ccc3ccccc23)oc2c(-c3ccccc3)cccc12. The van der Waals surface area contributed by atoms with Gasteiger partial charge in [0.05, 0.1) is 0 Å². The molecule has 5 aromatic rings. The van der Waals surface area contributed by atoms with Crippen LogP contribution >= 0.6 is 0 Å². The van der Waals surface area contributed by atoms with E-state index in [-0.39, 0.29) is 0 Å². The van der Waals surface area contributed by atoms with E-state index in [1.165, 1.54) is 16.3 Å². The fourth-order valence-corrected chi connectivity index (χ4v) is 4.05. The van der Waals surface area contributed by atoms with E-state index in [9.17, 15) is 0 Å². The highest BCUT2D eigenvalue weighted by molar-refractivity contribution is 6.06. The predicted molar refractivity (Wildman–Crippen MR) is 119 cm³/mol. The number of fused-ring (bicyclic) bond motifs is 2. The largest absolute Gasteiger partial charge is 0.455 e. The summed E-state index contributed by atoms with van der Waals surface area (Å²) in [6.07, 6.45) is 1.91. The van der Waals surface area contributed by atoms with Gasteiger partial charge in [-0.15, -0.1) is 0 Å². The third kappa shape index (κ3) is 2.48. The first-order chi connectivity index (χ1) is 13.8. The average molecular weight is 360 g/mol. The molecule has 0 saturated carbocycles. The Morgan fingerprint density at radius 2 is 1.50 bits per heavy atom. The number of benzene rings is 4. The molecular weight excluding hydrogens is 340 g/mol. The number of para-hydroxylation sites is 1. The topological polar surface area (TPSA) is 13.1 Å². The molecule has 5 rings (SSSR count). The van der Waals surface area contributed by atoms with Crippen molar-refractivity contribution in [2.75, 3.05) is 0 Å². The van der Waals surface area contributed by atoms with Gasteiger partial charge in [0.1, 0.15) is 11.3 Å². The molecule has 0 saturated heterocycles. The summed E-state index contributed by atoms with van der Waals surface area (Å²) >= 11 is 0. The van der Waals surface area contributed by atoms with Crippen LogP contribution in [0.4, 0.5) is 0 Å². The Balaban J connectivity index is 1.88. The van der Waals surface area contributed by atoms with Gasteiger partial charge in [0, 0.05) is 22.1 Å². The van der Waals surface area contributed by atoms with Gasteiger partial charge in [-0.2, -0.15) is 0 Å². The first kappa shape index (κ1) is 16.6. The van der Waals surface area contributed by atoms with Crippen LogP contribution in [0.25, 0.3) is 50.3 Å². The molecule has 1 nitrogen and oxygen atoms in total. The summed E-state index contributed by atoms with van der Waals surface area (Å²) in [5.74, 6) is 0.891. The normalized spacial score (nSPS) is 11.2. The minimum Gasteiger partial charge on any atom is -0.455 e. The van der Waals surface area contributed by atoms with Crippen molar-refractivity contribution < 1.29 is 4.42 Å². The van der Waals surface area contributed by atoms with Gasteiger partial charge in [-0.3, -0.25) is 0 Å². The summed E-state index contributed by atoms with van der Waals surface area (Å²) in [6, 6.07) is 29.5. The molecule has 0 aliphatic carbocycles. The highest BCUT2D eigenvalue weighted by Crippen LogP contribution is 2.42. The fourth-order valence-electron chi connectivity index (χ4n) is 4.05. The Hall–Kier alpha value is -3.58. The summed E-state index contributed by atoms with van der Waals surface area (Å²) in [4.78, 5) is 0. The molecule has 0 radical (unpaired) electrons. The predicted octanol–water partition coefficient (Wildman–Crippen LogP) is 7.87. The van der Waals surface area contributed by atoms with Crippen molar-refractivity contribution in [3.8, 4) is 22.5 Å². The fraction of sp³-hybridized carbons (Fsp3) is 0.0370. The molecule has 0 spiro atoms. The molecule has 0 aliphatic rings. The van der Waals surface area contributed by atoms with Gasteiger partial charge in [-0.05, 0) is 28.8 Å². The zero-order valence-corrected chi connectivity index (χ0v) is 15.8. The molecule has 4 aromatic carbocycles. The highest BCUT2D eigenvalue weighted by atomic mass is 16.3. The zero-order valence-electron chi connectivity index (χ0n) is 15.8. The maximum atomic E-state index is 6.58. The van der Waals surface area contributed by atoms with E-state index in [1.54, 1.807) is 0 Å². The van der Waals surface area contributed by atoms with E-state index >= 15 is 0 Å². The second kappa shape index (κ2) is 6.54. The monoisotopic (exact) mass is 360 g/mol. The lowest BCUT2D eigenvalue weighted by Crippen LogP contribution is -1.86. The number of furan rings is 1. The van der Waals surface area contributed by atoms with E-state index in [2.05, 4.69) is 92.4 Å². The quantitative estimate of drug-likeness (QED) is 0.319. The number of hydrogen-bond acceptors (Lipinski definition) is 1. The first-order valence-electron chi connectivity index (χ1n) is 9.50. The van der Waals surface area contributed by atoms with Crippen LogP contribution in [0.5, 0.6) is 0 Å². The van der Waals surface area contributed by atoms with Crippen LogP contribution in [-0.4, -0.2) is 0 Å². The van der Waals surface area contributed by atoms with Crippen LogP contribution in [0, 0.1) is 6.92 Å². The summed E-state index contributed by atoms with van der Waals surface area (Å²) in [7, 11) is 0. The molecule has 0 amide bonds. The lowest BCUT2D eigenvalue weighted by Gasteiger charge is -2.09. The van der Waals surface area contributed by atoms with E-state index < -0.39 is 0 Å². The van der Waals surface area contributed by atoms with Gasteiger partial charge in [-0.1, -0.05) is 97.6 Å². The van der Waals surface area contributed by atoms with Crippen molar-refractivity contribution in [2.24, 2.45) is 0 Å². The maximum absolute atomic E-state index is 6.58. The second-order valence-corrected chi connectivity index (χ2v) is 7.08. The minimum atomic E-state index is 0.891. The average Bonchev–Trinajstić information content (AvgIpc) is 3.12. The Labute approximate surface area is 164 Å². The standard InChI is InChI=1S/C27H20O/c1-3-21-24-15-9-14-23(19-10-5-4-6-11-19)26(24)28-27(21)25-18(2)16-17-20-12-7-8-13-22(20)25/h3-17H,1H2,2H3. The third-order valence-corrected chi connectivity index (χ3v) is 5.41. The van der Waals surface area contributed by atoms with Crippen molar-refractivity contribution in [3.05, 3.63) is 103 Å². The molecule has 1 heterocycles. The van der Waals surface area contributed by atoms with Crippen molar-refractivity contribution in [3.63, 3.8) is 0 Å². The van der Waals surface area contributed by atoms with Crippen molar-refractivity contribution in [2.45, 2.75) is 6.92 Å². The molecule has 1 aromatic heterocycles. The summed E-state index contributed by atoms with van der Waals surface area (Å²) in [5.41, 5.74) is 6.55. The third-order valence-electron chi connectivity index (χ3n) is 5.41. The summed E-state index contributed by atoms with van der Waals surface area (Å²) < 4.78 is 6.58. The van der Waals surface area contributed by atoms with Crippen molar-refractivity contribution >= 4 is 27.8 Å². The van der Waals surface area contributed by atoms with Crippen molar-refractivity contribution in [1.82, 2.24) is 0 Å². The Kier molecular flexibility index (Phi) is 3.87. The van der Waals surface area contributed by atoms with Crippen LogP contribution < -0.4 is 0 Å². The van der Waals surface area contributed by atoms with Crippen molar-refractivity contribution in [1.29, 1.82) is 0 Å². The van der Waals surface area contributed by atoms with E-state index in [0.717, 1.165) is 39.0 Å². The molecule has 0 atom stereocenters. The first-order valence-corrected chi connectivity index (χ1v) is 9.50. The van der Waals surface area contributed by atoms with Gasteiger partial charge >= 0.3 is 0 Å². The van der Waals surface area contributed by atoms with Gasteiger partial charge in [0.25, 0.3) is 0 Å². The number of hydrogen-bond donors (Lipinski definition) is 0. The molecule has 0 bridgehead atoms. The van der Waals surface area contributed by atoms with Crippen LogP contribution in [0.2, 0.25) is 0 Å². The Morgan fingerprint density at radius 3 is 2.32 bits per heavy atom. The van der Waals surface area contributed by atoms with Crippen LogP contribution in [-0.2, 0) is 0 Å². The molecule has 28 heavy (non-hydrogen) atoms. The molecule has 0 unspecified atom stereocenters.